The van der Waals surface area contributed by atoms with E-state index in [0.29, 0.717) is 60.1 Å². The molecule has 4 heterocycles. The van der Waals surface area contributed by atoms with Crippen LogP contribution in [-0.2, 0) is 22.1 Å². The molecular weight excluding hydrogens is 649 g/mol. The minimum atomic E-state index is -4.81. The number of rotatable bonds is 8. The Morgan fingerprint density at radius 3 is 2.58 bits per heavy atom. The van der Waals surface area contributed by atoms with Gasteiger partial charge in [-0.25, -0.2) is 9.97 Å². The van der Waals surface area contributed by atoms with E-state index in [1.165, 1.54) is 13.3 Å². The first kappa shape index (κ1) is 31.7. The van der Waals surface area contributed by atoms with Crippen LogP contribution in [0.2, 0.25) is 5.02 Å². The Morgan fingerprint density at radius 1 is 1.02 bits per heavy atom. The van der Waals surface area contributed by atoms with Gasteiger partial charge in [-0.2, -0.15) is 18.2 Å². The number of aromatic nitrogens is 4. The number of carbonyl (C=O) groups is 1. The predicted molar refractivity (Wildman–Crippen MR) is 173 cm³/mol. The predicted octanol–water partition coefficient (Wildman–Crippen LogP) is 7.86. The third-order valence-corrected chi connectivity index (χ3v) is 8.69. The monoisotopic (exact) mass is 676 g/mol. The number of hydrogen-bond acceptors (Lipinski definition) is 10. The number of pyridine rings is 2. The summed E-state index contributed by atoms with van der Waals surface area (Å²) in [5.41, 5.74) is 3.64. The molecule has 1 aliphatic carbocycles. The van der Waals surface area contributed by atoms with Crippen molar-refractivity contribution in [3.8, 4) is 17.0 Å². The van der Waals surface area contributed by atoms with Crippen molar-refractivity contribution in [3.05, 3.63) is 94.0 Å². The summed E-state index contributed by atoms with van der Waals surface area (Å²) in [6.07, 6.45) is -0.374. The van der Waals surface area contributed by atoms with Crippen molar-refractivity contribution >= 4 is 46.1 Å². The van der Waals surface area contributed by atoms with E-state index in [1.807, 2.05) is 36.4 Å². The van der Waals surface area contributed by atoms with E-state index >= 15 is 0 Å². The fraction of sp³-hybridized carbons (Fsp3) is 0.265. The van der Waals surface area contributed by atoms with Gasteiger partial charge in [0.15, 0.2) is 29.3 Å². The molecule has 0 unspecified atom stereocenters. The highest BCUT2D eigenvalue weighted by atomic mass is 35.5. The highest BCUT2D eigenvalue weighted by molar-refractivity contribution is 6.36. The Kier molecular flexibility index (Phi) is 8.58. The van der Waals surface area contributed by atoms with E-state index in [-0.39, 0.29) is 11.6 Å². The normalized spacial score (nSPS) is 16.5. The van der Waals surface area contributed by atoms with Crippen LogP contribution in [0.5, 0.6) is 5.88 Å². The molecule has 7 rings (SSSR count). The standard InChI is InChI=1S/C34H28ClF3N6O4/c1-46-32-28(33-47-13-4-14-48-33)43-29(34(36,37)38)31(44-32)41-24-10-9-21-20(5-2-6-22(21)24)23-7-3-8-25(26(23)35)42-30-27-19(11-12-39-30)15-18(17-45)16-40-27/h2-3,5-8,11-12,15-17,24,33H,4,9-10,13-14H2,1H3,(H,39,42)(H,41,44)/t24-/m0/s1. The quantitative estimate of drug-likeness (QED) is 0.157. The van der Waals surface area contributed by atoms with E-state index in [1.54, 1.807) is 18.3 Å². The Morgan fingerprint density at radius 2 is 1.81 bits per heavy atom. The second kappa shape index (κ2) is 13.0. The Balaban J connectivity index is 1.21. The maximum absolute atomic E-state index is 14.3. The molecular formula is C34H28ClF3N6O4. The molecule has 1 fully saturated rings. The van der Waals surface area contributed by atoms with Gasteiger partial charge in [0.2, 0.25) is 12.2 Å². The first-order chi connectivity index (χ1) is 23.2. The van der Waals surface area contributed by atoms with E-state index in [0.717, 1.165) is 33.9 Å². The molecule has 246 valence electrons. The molecule has 5 aromatic rings. The van der Waals surface area contributed by atoms with Gasteiger partial charge in [-0.15, -0.1) is 0 Å². The maximum Gasteiger partial charge on any atom is 0.437 e. The minimum absolute atomic E-state index is 0.111. The van der Waals surface area contributed by atoms with E-state index < -0.39 is 30.0 Å². The Hall–Kier alpha value is -4.85. The average Bonchev–Trinajstić information content (AvgIpc) is 3.51. The summed E-state index contributed by atoms with van der Waals surface area (Å²) in [5, 5.41) is 7.45. The van der Waals surface area contributed by atoms with Crippen molar-refractivity contribution in [2.24, 2.45) is 0 Å². The summed E-state index contributed by atoms with van der Waals surface area (Å²) in [4.78, 5) is 28.2. The van der Waals surface area contributed by atoms with Gasteiger partial charge in [0.25, 0.3) is 0 Å². The lowest BCUT2D eigenvalue weighted by atomic mass is 9.96. The van der Waals surface area contributed by atoms with Crippen LogP contribution in [0.1, 0.15) is 58.0 Å². The molecule has 1 aliphatic heterocycles. The van der Waals surface area contributed by atoms with Crippen LogP contribution in [0.4, 0.5) is 30.5 Å². The van der Waals surface area contributed by atoms with Gasteiger partial charge >= 0.3 is 6.18 Å². The summed E-state index contributed by atoms with van der Waals surface area (Å²) in [5.74, 6) is -0.0837. The van der Waals surface area contributed by atoms with Crippen LogP contribution < -0.4 is 15.4 Å². The molecule has 1 saturated heterocycles. The second-order valence-electron chi connectivity index (χ2n) is 11.3. The number of alkyl halides is 3. The van der Waals surface area contributed by atoms with Crippen LogP contribution in [0.3, 0.4) is 0 Å². The highest BCUT2D eigenvalue weighted by Crippen LogP contribution is 2.45. The summed E-state index contributed by atoms with van der Waals surface area (Å²) in [6, 6.07) is 14.2. The molecule has 10 nitrogen and oxygen atoms in total. The zero-order valence-electron chi connectivity index (χ0n) is 25.5. The zero-order chi connectivity index (χ0) is 33.4. The lowest BCUT2D eigenvalue weighted by Crippen LogP contribution is -2.24. The molecule has 14 heteroatoms. The molecule has 0 radical (unpaired) electrons. The van der Waals surface area contributed by atoms with Crippen LogP contribution in [0, 0.1) is 0 Å². The van der Waals surface area contributed by atoms with Crippen LogP contribution in [0.25, 0.3) is 22.0 Å². The number of benzene rings is 2. The molecule has 0 amide bonds. The number of anilines is 3. The molecule has 0 bridgehead atoms. The lowest BCUT2D eigenvalue weighted by Gasteiger charge is -2.25. The van der Waals surface area contributed by atoms with Gasteiger partial charge in [-0.05, 0) is 54.2 Å². The van der Waals surface area contributed by atoms with Gasteiger partial charge in [0, 0.05) is 28.9 Å². The third-order valence-electron chi connectivity index (χ3n) is 8.28. The fourth-order valence-corrected chi connectivity index (χ4v) is 6.37. The number of carbonyl (C=O) groups excluding carboxylic acids is 1. The molecule has 2 aromatic carbocycles. The van der Waals surface area contributed by atoms with Crippen LogP contribution in [-0.4, -0.2) is 46.5 Å². The first-order valence-corrected chi connectivity index (χ1v) is 15.5. The summed E-state index contributed by atoms with van der Waals surface area (Å²) >= 11 is 6.99. The number of ether oxygens (including phenoxy) is 3. The van der Waals surface area contributed by atoms with Gasteiger partial charge in [-0.3, -0.25) is 9.78 Å². The molecule has 48 heavy (non-hydrogen) atoms. The number of nitrogens with one attached hydrogen (secondary N) is 2. The smallest absolute Gasteiger partial charge is 0.437 e. The topological polar surface area (TPSA) is 120 Å². The second-order valence-corrected chi connectivity index (χ2v) is 11.6. The number of hydrogen-bond donors (Lipinski definition) is 2. The molecule has 2 aliphatic rings. The van der Waals surface area contributed by atoms with Crippen molar-refractivity contribution in [1.29, 1.82) is 0 Å². The number of halogens is 4. The Bertz CT molecular complexity index is 2020. The van der Waals surface area contributed by atoms with Gasteiger partial charge in [0.1, 0.15) is 5.52 Å². The number of methoxy groups -OCH3 is 1. The average molecular weight is 677 g/mol. The largest absolute Gasteiger partial charge is 0.480 e. The van der Waals surface area contributed by atoms with E-state index in [9.17, 15) is 18.0 Å². The molecule has 0 spiro atoms. The number of nitrogens with zero attached hydrogens (tertiary/aromatic N) is 4. The molecule has 1 atom stereocenters. The third kappa shape index (κ3) is 6.00. The van der Waals surface area contributed by atoms with Gasteiger partial charge in [0.05, 0.1) is 37.1 Å². The summed E-state index contributed by atoms with van der Waals surface area (Å²) in [6.45, 7) is 0.642. The van der Waals surface area contributed by atoms with Crippen molar-refractivity contribution in [1.82, 2.24) is 19.9 Å². The lowest BCUT2D eigenvalue weighted by molar-refractivity contribution is -0.187. The minimum Gasteiger partial charge on any atom is -0.480 e. The number of aldehydes is 1. The fourth-order valence-electron chi connectivity index (χ4n) is 6.10. The van der Waals surface area contributed by atoms with Crippen LogP contribution >= 0.6 is 11.6 Å². The maximum atomic E-state index is 14.3. The molecule has 0 saturated carbocycles. The van der Waals surface area contributed by atoms with Crippen molar-refractivity contribution in [2.45, 2.75) is 37.8 Å². The SMILES string of the molecule is COc1nc(N[C@H]2CCc3c(-c4cccc(Nc5nccc6cc(C=O)cnc56)c4Cl)cccc32)c(C(F)(F)F)nc1C1OCCCO1. The Labute approximate surface area is 277 Å². The number of fused-ring (bicyclic) bond motifs is 2. The molecule has 3 aromatic heterocycles. The summed E-state index contributed by atoms with van der Waals surface area (Å²) in [7, 11) is 1.31. The van der Waals surface area contributed by atoms with Crippen molar-refractivity contribution in [2.75, 3.05) is 31.0 Å². The van der Waals surface area contributed by atoms with Gasteiger partial charge in [-0.1, -0.05) is 41.9 Å². The van der Waals surface area contributed by atoms with Crippen LogP contribution in [0.15, 0.2) is 60.9 Å². The first-order valence-electron chi connectivity index (χ1n) is 15.2. The van der Waals surface area contributed by atoms with E-state index in [4.69, 9.17) is 25.8 Å². The van der Waals surface area contributed by atoms with Gasteiger partial charge < -0.3 is 24.8 Å². The highest BCUT2D eigenvalue weighted by Gasteiger charge is 2.40. The molecule has 2 N–H and O–H groups in total. The van der Waals surface area contributed by atoms with Crippen molar-refractivity contribution < 1.29 is 32.2 Å². The van der Waals surface area contributed by atoms with E-state index in [2.05, 4.69) is 30.6 Å². The zero-order valence-corrected chi connectivity index (χ0v) is 26.2. The summed E-state index contributed by atoms with van der Waals surface area (Å²) < 4.78 is 59.4. The van der Waals surface area contributed by atoms with Crippen molar-refractivity contribution in [3.63, 3.8) is 0 Å².